The number of carbonyl (C=O) groups excluding carboxylic acids is 1. The maximum atomic E-state index is 11.9. The van der Waals surface area contributed by atoms with Gasteiger partial charge in [-0.25, -0.2) is 0 Å². The number of allylic oxidation sites excluding steroid dienone is 1. The molecule has 0 N–H and O–H groups in total. The van der Waals surface area contributed by atoms with Crippen LogP contribution in [-0.4, -0.2) is 10.7 Å². The fourth-order valence-corrected chi connectivity index (χ4v) is 2.59. The van der Waals surface area contributed by atoms with Crippen molar-refractivity contribution in [1.29, 1.82) is 0 Å². The maximum absolute atomic E-state index is 11.9. The average molecular weight is 239 g/mol. The average Bonchev–Trinajstić information content (AvgIpc) is 2.31. The van der Waals surface area contributed by atoms with Crippen LogP contribution < -0.4 is 0 Å². The van der Waals surface area contributed by atoms with E-state index >= 15 is 0 Å². The molecule has 1 aliphatic rings. The summed E-state index contributed by atoms with van der Waals surface area (Å²) in [6.45, 7) is 5.62. The Kier molecular flexibility index (Phi) is 5.32. The van der Waals surface area contributed by atoms with Crippen LogP contribution in [0.3, 0.4) is 0 Å². The number of hydrogen-bond acceptors (Lipinski definition) is 3. The third kappa shape index (κ3) is 3.65. The Bertz CT molecular complexity index is 312. The zero-order valence-electron chi connectivity index (χ0n) is 10.5. The quantitative estimate of drug-likeness (QED) is 0.527. The highest BCUT2D eigenvalue weighted by atomic mass is 16.6. The lowest BCUT2D eigenvalue weighted by Gasteiger charge is -2.26. The van der Waals surface area contributed by atoms with Gasteiger partial charge < -0.3 is 0 Å². The summed E-state index contributed by atoms with van der Waals surface area (Å²) in [6, 6.07) is 0. The van der Waals surface area contributed by atoms with Gasteiger partial charge in [-0.15, -0.1) is 0 Å². The van der Waals surface area contributed by atoms with E-state index in [1.165, 1.54) is 0 Å². The predicted molar refractivity (Wildman–Crippen MR) is 66.1 cm³/mol. The zero-order chi connectivity index (χ0) is 12.8. The molecule has 2 atom stereocenters. The predicted octanol–water partition coefficient (Wildman–Crippen LogP) is 3.34. The second-order valence-electron chi connectivity index (χ2n) is 4.82. The van der Waals surface area contributed by atoms with Crippen molar-refractivity contribution in [3.63, 3.8) is 0 Å². The molecule has 1 aliphatic carbocycles. The normalized spacial score (nSPS) is 22.2. The standard InChI is InChI=1S/C13H21NO3/c1-3-4-7-11(10(2)14(16)17)12-8-5-6-9-13(12)15/h11-12H,2-9H2,1H3. The number of ketones is 1. The number of Topliss-reactive ketones (excluding diaryl/α,β-unsaturated/α-hetero) is 1. The van der Waals surface area contributed by atoms with Crippen LogP contribution >= 0.6 is 0 Å². The molecule has 0 spiro atoms. The molecule has 0 bridgehead atoms. The summed E-state index contributed by atoms with van der Waals surface area (Å²) in [5.41, 5.74) is 0.0266. The minimum absolute atomic E-state index is 0.0266. The van der Waals surface area contributed by atoms with Gasteiger partial charge in [0, 0.05) is 12.3 Å². The Balaban J connectivity index is 2.76. The van der Waals surface area contributed by atoms with Gasteiger partial charge in [0.1, 0.15) is 5.78 Å². The highest BCUT2D eigenvalue weighted by molar-refractivity contribution is 5.82. The van der Waals surface area contributed by atoms with Gasteiger partial charge in [-0.3, -0.25) is 14.9 Å². The van der Waals surface area contributed by atoms with Crippen LogP contribution in [0.25, 0.3) is 0 Å². The Hall–Kier alpha value is -1.19. The van der Waals surface area contributed by atoms with E-state index in [1.54, 1.807) is 0 Å². The molecule has 0 radical (unpaired) electrons. The number of rotatable bonds is 6. The first-order chi connectivity index (χ1) is 8.07. The van der Waals surface area contributed by atoms with Gasteiger partial charge >= 0.3 is 0 Å². The molecule has 0 amide bonds. The zero-order valence-corrected chi connectivity index (χ0v) is 10.5. The lowest BCUT2D eigenvalue weighted by atomic mass is 9.76. The molecule has 0 aromatic rings. The Morgan fingerprint density at radius 1 is 1.59 bits per heavy atom. The van der Waals surface area contributed by atoms with E-state index in [2.05, 4.69) is 13.5 Å². The second-order valence-corrected chi connectivity index (χ2v) is 4.82. The molecule has 1 rings (SSSR count). The highest BCUT2D eigenvalue weighted by Gasteiger charge is 2.36. The van der Waals surface area contributed by atoms with Gasteiger partial charge in [0.25, 0.3) is 0 Å². The minimum atomic E-state index is -0.414. The lowest BCUT2D eigenvalue weighted by Crippen LogP contribution is -2.30. The minimum Gasteiger partial charge on any atom is -0.299 e. The first kappa shape index (κ1) is 13.9. The Morgan fingerprint density at radius 3 is 2.82 bits per heavy atom. The second kappa shape index (κ2) is 6.52. The smallest absolute Gasteiger partial charge is 0.242 e. The first-order valence-electron chi connectivity index (χ1n) is 6.43. The van der Waals surface area contributed by atoms with Crippen molar-refractivity contribution >= 4 is 5.78 Å². The number of unbranched alkanes of at least 4 members (excludes halogenated alkanes) is 1. The molecule has 0 aliphatic heterocycles. The Labute approximate surface area is 102 Å². The number of nitrogens with zero attached hydrogens (tertiary/aromatic N) is 1. The monoisotopic (exact) mass is 239 g/mol. The molecular weight excluding hydrogens is 218 g/mol. The molecule has 1 fully saturated rings. The molecule has 0 aromatic heterocycles. The number of hydrogen-bond donors (Lipinski definition) is 0. The van der Waals surface area contributed by atoms with Gasteiger partial charge in [-0.1, -0.05) is 26.2 Å². The lowest BCUT2D eigenvalue weighted by molar-refractivity contribution is -0.434. The molecule has 0 saturated heterocycles. The molecule has 2 unspecified atom stereocenters. The van der Waals surface area contributed by atoms with Crippen LogP contribution in [0.5, 0.6) is 0 Å². The summed E-state index contributed by atoms with van der Waals surface area (Å²) in [7, 11) is 0. The van der Waals surface area contributed by atoms with Crippen molar-refractivity contribution in [3.8, 4) is 0 Å². The van der Waals surface area contributed by atoms with Crippen LogP contribution in [0.2, 0.25) is 0 Å². The first-order valence-corrected chi connectivity index (χ1v) is 6.43. The molecule has 96 valence electrons. The molecule has 4 nitrogen and oxygen atoms in total. The summed E-state index contributed by atoms with van der Waals surface area (Å²) >= 11 is 0. The van der Waals surface area contributed by atoms with Gasteiger partial charge in [-0.05, 0) is 25.8 Å². The molecule has 1 saturated carbocycles. The molecule has 17 heavy (non-hydrogen) atoms. The van der Waals surface area contributed by atoms with Crippen LogP contribution in [-0.2, 0) is 4.79 Å². The molecule has 0 aromatic carbocycles. The van der Waals surface area contributed by atoms with Crippen molar-refractivity contribution in [2.24, 2.45) is 11.8 Å². The van der Waals surface area contributed by atoms with Gasteiger partial charge in [0.15, 0.2) is 0 Å². The van der Waals surface area contributed by atoms with E-state index in [-0.39, 0.29) is 23.3 Å². The largest absolute Gasteiger partial charge is 0.299 e. The van der Waals surface area contributed by atoms with Gasteiger partial charge in [-0.2, -0.15) is 0 Å². The van der Waals surface area contributed by atoms with E-state index in [0.29, 0.717) is 12.8 Å². The number of nitro groups is 1. The summed E-state index contributed by atoms with van der Waals surface area (Å²) in [5.74, 6) is -0.216. The van der Waals surface area contributed by atoms with E-state index < -0.39 is 4.92 Å². The molecule has 4 heteroatoms. The van der Waals surface area contributed by atoms with Gasteiger partial charge in [0.05, 0.1) is 10.8 Å². The number of carbonyl (C=O) groups is 1. The van der Waals surface area contributed by atoms with E-state index in [0.717, 1.165) is 32.1 Å². The van der Waals surface area contributed by atoms with Crippen molar-refractivity contribution in [1.82, 2.24) is 0 Å². The molecule has 0 heterocycles. The van der Waals surface area contributed by atoms with Crippen molar-refractivity contribution in [2.75, 3.05) is 0 Å². The fraction of sp³-hybridized carbons (Fsp3) is 0.769. The van der Waals surface area contributed by atoms with E-state index in [9.17, 15) is 14.9 Å². The van der Waals surface area contributed by atoms with Crippen molar-refractivity contribution < 1.29 is 9.72 Å². The van der Waals surface area contributed by atoms with Crippen LogP contribution in [0.1, 0.15) is 51.9 Å². The fourth-order valence-electron chi connectivity index (χ4n) is 2.59. The third-order valence-electron chi connectivity index (χ3n) is 3.62. The van der Waals surface area contributed by atoms with Crippen LogP contribution in [0.4, 0.5) is 0 Å². The van der Waals surface area contributed by atoms with Crippen molar-refractivity contribution in [2.45, 2.75) is 51.9 Å². The van der Waals surface area contributed by atoms with Crippen LogP contribution in [0, 0.1) is 22.0 Å². The summed E-state index contributed by atoms with van der Waals surface area (Å²) in [5, 5.41) is 10.8. The molecular formula is C13H21NO3. The summed E-state index contributed by atoms with van der Waals surface area (Å²) < 4.78 is 0. The maximum Gasteiger partial charge on any atom is 0.242 e. The highest BCUT2D eigenvalue weighted by Crippen LogP contribution is 2.34. The van der Waals surface area contributed by atoms with E-state index in [4.69, 9.17) is 0 Å². The van der Waals surface area contributed by atoms with Crippen molar-refractivity contribution in [3.05, 3.63) is 22.4 Å². The summed E-state index contributed by atoms with van der Waals surface area (Å²) in [6.07, 6.45) is 5.93. The van der Waals surface area contributed by atoms with E-state index in [1.807, 2.05) is 0 Å². The van der Waals surface area contributed by atoms with Crippen LogP contribution in [0.15, 0.2) is 12.3 Å². The SMILES string of the molecule is C=C(C(CCCC)C1CCCCC1=O)[N+](=O)[O-]. The third-order valence-corrected chi connectivity index (χ3v) is 3.62. The summed E-state index contributed by atoms with van der Waals surface area (Å²) in [4.78, 5) is 22.3. The Morgan fingerprint density at radius 2 is 2.29 bits per heavy atom. The topological polar surface area (TPSA) is 60.2 Å². The van der Waals surface area contributed by atoms with Gasteiger partial charge in [0.2, 0.25) is 5.70 Å².